The maximum absolute atomic E-state index is 13.7. The number of nitrogens with zero attached hydrogens (tertiary/aromatic N) is 1. The van der Waals surface area contributed by atoms with Gasteiger partial charge in [0.2, 0.25) is 0 Å². The first-order valence-corrected chi connectivity index (χ1v) is 7.96. The molecule has 0 saturated carbocycles. The van der Waals surface area contributed by atoms with Gasteiger partial charge in [0.1, 0.15) is 5.82 Å². The van der Waals surface area contributed by atoms with Crippen molar-refractivity contribution in [3.05, 3.63) is 35.6 Å². The molecular formula is C17H27FN2. The summed E-state index contributed by atoms with van der Waals surface area (Å²) in [5.74, 6) is -0.178. The molecule has 0 bridgehead atoms. The van der Waals surface area contributed by atoms with Gasteiger partial charge in [-0.15, -0.1) is 0 Å². The average molecular weight is 278 g/mol. The molecule has 3 heteroatoms. The number of rotatable bonds is 5. The minimum Gasteiger partial charge on any atom is -0.324 e. The van der Waals surface area contributed by atoms with Gasteiger partial charge in [0.05, 0.1) is 0 Å². The molecule has 2 N–H and O–H groups in total. The summed E-state index contributed by atoms with van der Waals surface area (Å²) in [6.07, 6.45) is 7.30. The molecule has 1 aliphatic heterocycles. The monoisotopic (exact) mass is 278 g/mol. The highest BCUT2D eigenvalue weighted by atomic mass is 19.1. The Kier molecular flexibility index (Phi) is 5.99. The Morgan fingerprint density at radius 1 is 1.30 bits per heavy atom. The molecule has 112 valence electrons. The Hall–Kier alpha value is -0.930. The molecule has 0 radical (unpaired) electrons. The highest BCUT2D eigenvalue weighted by molar-refractivity contribution is 5.20. The molecule has 1 heterocycles. The van der Waals surface area contributed by atoms with Gasteiger partial charge in [-0.1, -0.05) is 38.0 Å². The summed E-state index contributed by atoms with van der Waals surface area (Å²) in [6.45, 7) is 4.41. The lowest BCUT2D eigenvalue weighted by Gasteiger charge is -2.30. The van der Waals surface area contributed by atoms with Crippen molar-refractivity contribution in [1.29, 1.82) is 0 Å². The zero-order valence-corrected chi connectivity index (χ0v) is 12.5. The lowest BCUT2D eigenvalue weighted by molar-refractivity contribution is 0.188. The van der Waals surface area contributed by atoms with Crippen LogP contribution in [0.2, 0.25) is 0 Å². The van der Waals surface area contributed by atoms with Crippen LogP contribution in [0.1, 0.15) is 57.1 Å². The first-order valence-electron chi connectivity index (χ1n) is 7.96. The molecule has 1 saturated heterocycles. The number of benzene rings is 1. The Labute approximate surface area is 122 Å². The largest absolute Gasteiger partial charge is 0.324 e. The van der Waals surface area contributed by atoms with Gasteiger partial charge >= 0.3 is 0 Å². The molecular weight excluding hydrogens is 251 g/mol. The van der Waals surface area contributed by atoms with Crippen LogP contribution < -0.4 is 5.73 Å². The summed E-state index contributed by atoms with van der Waals surface area (Å²) in [5, 5.41) is 0. The van der Waals surface area contributed by atoms with E-state index < -0.39 is 0 Å². The average Bonchev–Trinajstić information content (AvgIpc) is 2.70. The Morgan fingerprint density at radius 3 is 2.85 bits per heavy atom. The SMILES string of the molecule is CCC1CCCCCN1CCC(N)c1ccccc1F. The summed E-state index contributed by atoms with van der Waals surface area (Å²) in [6, 6.07) is 7.37. The Balaban J connectivity index is 1.91. The van der Waals surface area contributed by atoms with Crippen molar-refractivity contribution in [3.8, 4) is 0 Å². The van der Waals surface area contributed by atoms with Crippen LogP contribution in [0, 0.1) is 5.82 Å². The fraction of sp³-hybridized carbons (Fsp3) is 0.647. The lowest BCUT2D eigenvalue weighted by atomic mass is 10.0. The minimum atomic E-state index is -0.197. The van der Waals surface area contributed by atoms with E-state index in [-0.39, 0.29) is 11.9 Å². The van der Waals surface area contributed by atoms with Crippen molar-refractivity contribution in [2.45, 2.75) is 57.5 Å². The lowest BCUT2D eigenvalue weighted by Crippen LogP contribution is -2.36. The van der Waals surface area contributed by atoms with Gasteiger partial charge in [-0.2, -0.15) is 0 Å². The third-order valence-electron chi connectivity index (χ3n) is 4.50. The molecule has 0 amide bonds. The third-order valence-corrected chi connectivity index (χ3v) is 4.50. The van der Waals surface area contributed by atoms with Crippen LogP contribution in [0.5, 0.6) is 0 Å². The van der Waals surface area contributed by atoms with Crippen LogP contribution in [-0.2, 0) is 0 Å². The van der Waals surface area contributed by atoms with Gasteiger partial charge in [0.15, 0.2) is 0 Å². The number of likely N-dealkylation sites (tertiary alicyclic amines) is 1. The van der Waals surface area contributed by atoms with E-state index in [9.17, 15) is 4.39 Å². The van der Waals surface area contributed by atoms with Gasteiger partial charge in [-0.25, -0.2) is 4.39 Å². The van der Waals surface area contributed by atoms with Crippen LogP contribution in [0.3, 0.4) is 0 Å². The fourth-order valence-corrected chi connectivity index (χ4v) is 3.23. The summed E-state index contributed by atoms with van der Waals surface area (Å²) < 4.78 is 13.7. The van der Waals surface area contributed by atoms with Crippen LogP contribution in [-0.4, -0.2) is 24.0 Å². The van der Waals surface area contributed by atoms with Crippen molar-refractivity contribution in [3.63, 3.8) is 0 Å². The second-order valence-electron chi connectivity index (χ2n) is 5.86. The van der Waals surface area contributed by atoms with Gasteiger partial charge in [-0.3, -0.25) is 0 Å². The highest BCUT2D eigenvalue weighted by Gasteiger charge is 2.20. The summed E-state index contributed by atoms with van der Waals surface area (Å²) in [5.41, 5.74) is 6.82. The number of nitrogens with two attached hydrogens (primary N) is 1. The van der Waals surface area contributed by atoms with Gasteiger partial charge in [0.25, 0.3) is 0 Å². The molecule has 1 aromatic carbocycles. The topological polar surface area (TPSA) is 29.3 Å². The van der Waals surface area contributed by atoms with E-state index in [1.165, 1.54) is 44.7 Å². The van der Waals surface area contributed by atoms with Gasteiger partial charge < -0.3 is 10.6 Å². The van der Waals surface area contributed by atoms with Crippen molar-refractivity contribution in [1.82, 2.24) is 4.90 Å². The predicted molar refractivity (Wildman–Crippen MR) is 82.1 cm³/mol. The minimum absolute atomic E-state index is 0.178. The standard InChI is InChI=1S/C17H27FN2/c1-2-14-8-4-3-7-12-20(14)13-11-17(19)15-9-5-6-10-16(15)18/h5-6,9-10,14,17H,2-4,7-8,11-13,19H2,1H3. The van der Waals surface area contributed by atoms with E-state index in [1.807, 2.05) is 6.07 Å². The smallest absolute Gasteiger partial charge is 0.127 e. The molecule has 2 nitrogen and oxygen atoms in total. The van der Waals surface area contributed by atoms with E-state index >= 15 is 0 Å². The molecule has 1 aromatic rings. The molecule has 2 atom stereocenters. The Morgan fingerprint density at radius 2 is 2.10 bits per heavy atom. The summed E-state index contributed by atoms with van der Waals surface area (Å²) in [4.78, 5) is 2.56. The summed E-state index contributed by atoms with van der Waals surface area (Å²) >= 11 is 0. The third kappa shape index (κ3) is 4.03. The number of halogens is 1. The molecule has 2 rings (SSSR count). The molecule has 0 aliphatic carbocycles. The van der Waals surface area contributed by atoms with Crippen LogP contribution in [0.4, 0.5) is 4.39 Å². The van der Waals surface area contributed by atoms with E-state index in [2.05, 4.69) is 11.8 Å². The van der Waals surface area contributed by atoms with Crippen molar-refractivity contribution >= 4 is 0 Å². The van der Waals surface area contributed by atoms with Crippen LogP contribution in [0.15, 0.2) is 24.3 Å². The van der Waals surface area contributed by atoms with Crippen molar-refractivity contribution in [2.75, 3.05) is 13.1 Å². The summed E-state index contributed by atoms with van der Waals surface area (Å²) in [7, 11) is 0. The number of hydrogen-bond donors (Lipinski definition) is 1. The van der Waals surface area contributed by atoms with E-state index in [1.54, 1.807) is 12.1 Å². The number of hydrogen-bond acceptors (Lipinski definition) is 2. The van der Waals surface area contributed by atoms with E-state index in [0.29, 0.717) is 11.6 Å². The normalized spacial score (nSPS) is 22.4. The maximum Gasteiger partial charge on any atom is 0.127 e. The van der Waals surface area contributed by atoms with Gasteiger partial charge in [0, 0.05) is 24.2 Å². The first-order chi connectivity index (χ1) is 9.72. The van der Waals surface area contributed by atoms with Gasteiger partial charge in [-0.05, 0) is 38.3 Å². The zero-order chi connectivity index (χ0) is 14.4. The van der Waals surface area contributed by atoms with Crippen LogP contribution >= 0.6 is 0 Å². The van der Waals surface area contributed by atoms with E-state index in [4.69, 9.17) is 5.73 Å². The van der Waals surface area contributed by atoms with E-state index in [0.717, 1.165) is 13.0 Å². The quantitative estimate of drug-likeness (QED) is 0.886. The predicted octanol–water partition coefficient (Wildman–Crippen LogP) is 3.87. The highest BCUT2D eigenvalue weighted by Crippen LogP contribution is 2.22. The second-order valence-corrected chi connectivity index (χ2v) is 5.86. The molecule has 0 aromatic heterocycles. The van der Waals surface area contributed by atoms with Crippen LogP contribution in [0.25, 0.3) is 0 Å². The fourth-order valence-electron chi connectivity index (χ4n) is 3.23. The maximum atomic E-state index is 13.7. The molecule has 1 aliphatic rings. The van der Waals surface area contributed by atoms with Crippen molar-refractivity contribution < 1.29 is 4.39 Å². The first kappa shape index (κ1) is 15.5. The molecule has 0 spiro atoms. The van der Waals surface area contributed by atoms with Crippen molar-refractivity contribution in [2.24, 2.45) is 5.73 Å². The molecule has 2 unspecified atom stereocenters. The second kappa shape index (κ2) is 7.75. The molecule has 1 fully saturated rings. The molecule has 20 heavy (non-hydrogen) atoms. The Bertz CT molecular complexity index is 408. The zero-order valence-electron chi connectivity index (χ0n) is 12.5.